The summed E-state index contributed by atoms with van der Waals surface area (Å²) in [5, 5.41) is 2.79. The van der Waals surface area contributed by atoms with Crippen LogP contribution in [0.1, 0.15) is 18.5 Å². The highest BCUT2D eigenvalue weighted by molar-refractivity contribution is 5.47. The number of hydrogen-bond donors (Lipinski definition) is 1. The molecule has 1 atom stereocenters. The third kappa shape index (κ3) is 4.11. The maximum Gasteiger partial charge on any atom is 0.387 e. The van der Waals surface area contributed by atoms with Crippen molar-refractivity contribution >= 4 is 5.69 Å². The van der Waals surface area contributed by atoms with Gasteiger partial charge in [0.2, 0.25) is 0 Å². The van der Waals surface area contributed by atoms with Crippen molar-refractivity contribution < 1.29 is 22.3 Å². The molecule has 0 aromatic heterocycles. The summed E-state index contributed by atoms with van der Waals surface area (Å²) in [7, 11) is 0. The van der Waals surface area contributed by atoms with Crippen molar-refractivity contribution in [1.82, 2.24) is 0 Å². The van der Waals surface area contributed by atoms with Gasteiger partial charge < -0.3 is 10.1 Å². The van der Waals surface area contributed by atoms with Crippen molar-refractivity contribution in [3.8, 4) is 5.75 Å². The second kappa shape index (κ2) is 6.47. The first-order valence-electron chi connectivity index (χ1n) is 6.22. The van der Waals surface area contributed by atoms with Gasteiger partial charge in [0.25, 0.3) is 0 Å². The second-order valence-electron chi connectivity index (χ2n) is 4.44. The molecular weight excluding hydrogens is 286 g/mol. The van der Waals surface area contributed by atoms with Crippen molar-refractivity contribution in [3.05, 3.63) is 59.7 Å². The van der Waals surface area contributed by atoms with E-state index in [4.69, 9.17) is 0 Å². The Morgan fingerprint density at radius 3 is 2.52 bits per heavy atom. The zero-order chi connectivity index (χ0) is 15.4. The van der Waals surface area contributed by atoms with Crippen molar-refractivity contribution in [1.29, 1.82) is 0 Å². The molecule has 2 rings (SSSR count). The average Bonchev–Trinajstić information content (AvgIpc) is 2.42. The van der Waals surface area contributed by atoms with E-state index in [9.17, 15) is 17.6 Å². The van der Waals surface area contributed by atoms with Crippen LogP contribution in [0.3, 0.4) is 0 Å². The lowest BCUT2D eigenvalue weighted by Gasteiger charge is -2.17. The van der Waals surface area contributed by atoms with E-state index >= 15 is 0 Å². The molecule has 0 spiro atoms. The predicted octanol–water partition coefficient (Wildman–Crippen LogP) is 4.74. The first-order valence-corrected chi connectivity index (χ1v) is 6.22. The van der Waals surface area contributed by atoms with E-state index in [1.807, 2.05) is 0 Å². The van der Waals surface area contributed by atoms with Gasteiger partial charge >= 0.3 is 6.61 Å². The monoisotopic (exact) mass is 299 g/mol. The van der Waals surface area contributed by atoms with Crippen LogP contribution < -0.4 is 10.1 Å². The van der Waals surface area contributed by atoms with Gasteiger partial charge in [0.15, 0.2) is 0 Å². The molecule has 21 heavy (non-hydrogen) atoms. The lowest BCUT2D eigenvalue weighted by Crippen LogP contribution is -2.09. The van der Waals surface area contributed by atoms with Crippen molar-refractivity contribution in [2.75, 3.05) is 5.32 Å². The van der Waals surface area contributed by atoms with Gasteiger partial charge in [-0.25, -0.2) is 8.78 Å². The fraction of sp³-hybridized carbons (Fsp3) is 0.200. The molecule has 0 fully saturated rings. The van der Waals surface area contributed by atoms with E-state index in [0.29, 0.717) is 5.56 Å². The topological polar surface area (TPSA) is 21.3 Å². The SMILES string of the molecule is CC(Nc1cc(F)ccc1F)c1cccc(OC(F)F)c1. The van der Waals surface area contributed by atoms with Crippen LogP contribution in [0.25, 0.3) is 0 Å². The van der Waals surface area contributed by atoms with Crippen molar-refractivity contribution in [2.24, 2.45) is 0 Å². The molecule has 6 heteroatoms. The number of nitrogens with one attached hydrogen (secondary N) is 1. The quantitative estimate of drug-likeness (QED) is 0.805. The fourth-order valence-corrected chi connectivity index (χ4v) is 1.88. The summed E-state index contributed by atoms with van der Waals surface area (Å²) in [5.74, 6) is -1.15. The third-order valence-corrected chi connectivity index (χ3v) is 2.88. The highest BCUT2D eigenvalue weighted by Gasteiger charge is 2.11. The fourth-order valence-electron chi connectivity index (χ4n) is 1.88. The van der Waals surface area contributed by atoms with Gasteiger partial charge in [0, 0.05) is 6.04 Å². The molecule has 2 aromatic rings. The van der Waals surface area contributed by atoms with E-state index < -0.39 is 24.3 Å². The smallest absolute Gasteiger partial charge is 0.387 e. The molecule has 1 N–H and O–H groups in total. The Kier molecular flexibility index (Phi) is 4.67. The largest absolute Gasteiger partial charge is 0.435 e. The van der Waals surface area contributed by atoms with Gasteiger partial charge in [0.05, 0.1) is 5.69 Å². The molecule has 1 unspecified atom stereocenters. The van der Waals surface area contributed by atoms with Gasteiger partial charge in [-0.15, -0.1) is 0 Å². The maximum absolute atomic E-state index is 13.5. The van der Waals surface area contributed by atoms with Crippen LogP contribution in [-0.4, -0.2) is 6.61 Å². The van der Waals surface area contributed by atoms with Crippen LogP contribution in [0, 0.1) is 11.6 Å². The van der Waals surface area contributed by atoms with Gasteiger partial charge in [0.1, 0.15) is 17.4 Å². The van der Waals surface area contributed by atoms with Crippen LogP contribution in [0.5, 0.6) is 5.75 Å². The number of alkyl halides is 2. The number of ether oxygens (including phenoxy) is 1. The summed E-state index contributed by atoms with van der Waals surface area (Å²) < 4.78 is 55.3. The Balaban J connectivity index is 2.16. The van der Waals surface area contributed by atoms with E-state index in [0.717, 1.165) is 18.2 Å². The van der Waals surface area contributed by atoms with Crippen LogP contribution in [0.15, 0.2) is 42.5 Å². The normalized spacial score (nSPS) is 12.3. The number of rotatable bonds is 5. The summed E-state index contributed by atoms with van der Waals surface area (Å²) in [6, 6.07) is 8.68. The Morgan fingerprint density at radius 1 is 1.05 bits per heavy atom. The Bertz CT molecular complexity index is 618. The molecule has 2 aromatic carbocycles. The van der Waals surface area contributed by atoms with Crippen molar-refractivity contribution in [2.45, 2.75) is 19.6 Å². The lowest BCUT2D eigenvalue weighted by molar-refractivity contribution is -0.0498. The van der Waals surface area contributed by atoms with E-state index in [-0.39, 0.29) is 11.4 Å². The minimum absolute atomic E-state index is 0.00248. The van der Waals surface area contributed by atoms with E-state index in [1.54, 1.807) is 19.1 Å². The van der Waals surface area contributed by atoms with Gasteiger partial charge in [-0.05, 0) is 42.8 Å². The number of halogens is 4. The average molecular weight is 299 g/mol. The third-order valence-electron chi connectivity index (χ3n) is 2.88. The first-order chi connectivity index (χ1) is 9.95. The zero-order valence-electron chi connectivity index (χ0n) is 11.1. The minimum Gasteiger partial charge on any atom is -0.435 e. The Morgan fingerprint density at radius 2 is 1.81 bits per heavy atom. The maximum atomic E-state index is 13.5. The zero-order valence-corrected chi connectivity index (χ0v) is 11.1. The molecule has 0 aliphatic rings. The Labute approximate surface area is 119 Å². The molecule has 0 radical (unpaired) electrons. The van der Waals surface area contributed by atoms with Gasteiger partial charge in [-0.2, -0.15) is 8.78 Å². The predicted molar refractivity (Wildman–Crippen MR) is 71.5 cm³/mol. The van der Waals surface area contributed by atoms with Crippen LogP contribution in [-0.2, 0) is 0 Å². The van der Waals surface area contributed by atoms with Crippen LogP contribution in [0.2, 0.25) is 0 Å². The highest BCUT2D eigenvalue weighted by Crippen LogP contribution is 2.25. The molecule has 0 amide bonds. The van der Waals surface area contributed by atoms with Crippen LogP contribution >= 0.6 is 0 Å². The summed E-state index contributed by atoms with van der Waals surface area (Å²) >= 11 is 0. The number of anilines is 1. The second-order valence-corrected chi connectivity index (χ2v) is 4.44. The number of hydrogen-bond acceptors (Lipinski definition) is 2. The molecule has 112 valence electrons. The molecule has 2 nitrogen and oxygen atoms in total. The van der Waals surface area contributed by atoms with Crippen molar-refractivity contribution in [3.63, 3.8) is 0 Å². The summed E-state index contributed by atoms with van der Waals surface area (Å²) in [6.45, 7) is -1.21. The summed E-state index contributed by atoms with van der Waals surface area (Å²) in [4.78, 5) is 0. The first kappa shape index (κ1) is 15.2. The molecule has 0 aliphatic heterocycles. The Hall–Kier alpha value is -2.24. The van der Waals surface area contributed by atoms with Gasteiger partial charge in [-0.1, -0.05) is 12.1 Å². The van der Waals surface area contributed by atoms with Crippen LogP contribution in [0.4, 0.5) is 23.2 Å². The van der Waals surface area contributed by atoms with E-state index in [1.165, 1.54) is 12.1 Å². The lowest BCUT2D eigenvalue weighted by atomic mass is 10.1. The number of benzene rings is 2. The molecule has 0 aliphatic carbocycles. The van der Waals surface area contributed by atoms with E-state index in [2.05, 4.69) is 10.1 Å². The molecule has 0 saturated heterocycles. The summed E-state index contributed by atoms with van der Waals surface area (Å²) in [6.07, 6.45) is 0. The minimum atomic E-state index is -2.91. The van der Waals surface area contributed by atoms with Gasteiger partial charge in [-0.3, -0.25) is 0 Å². The molecule has 0 bridgehead atoms. The highest BCUT2D eigenvalue weighted by atomic mass is 19.3. The molecular formula is C15H13F4NO. The molecule has 0 heterocycles. The standard InChI is InChI=1S/C15H13F4NO/c1-9(20-14-8-11(16)5-6-13(14)17)10-3-2-4-12(7-10)21-15(18)19/h2-9,15,20H,1H3. The molecule has 0 saturated carbocycles. The summed E-state index contributed by atoms with van der Waals surface area (Å²) in [5.41, 5.74) is 0.611.